The molecule has 0 unspecified atom stereocenters. The van der Waals surface area contributed by atoms with E-state index < -0.39 is 26.2 Å². The average Bonchev–Trinajstić information content (AvgIpc) is 2.44. The summed E-state index contributed by atoms with van der Waals surface area (Å²) in [5.41, 5.74) is -1.87. The normalized spacial score (nSPS) is 11.1. The number of aromatic nitrogens is 3. The van der Waals surface area contributed by atoms with Crippen LogP contribution < -0.4 is 21.1 Å². The minimum Gasteiger partial charge on any atom is -0.310 e. The van der Waals surface area contributed by atoms with Crippen molar-refractivity contribution in [3.63, 3.8) is 0 Å². The highest BCUT2D eigenvalue weighted by atomic mass is 32.2. The van der Waals surface area contributed by atoms with Gasteiger partial charge in [0.05, 0.1) is 5.69 Å². The SMILES string of the molecule is Cc1[nH]c(=O)[nH]c(=O)c1S(=O)(=O)NN(C=O)c1ccncc1. The number of nitrogens with one attached hydrogen (secondary N) is 3. The van der Waals surface area contributed by atoms with Gasteiger partial charge in [-0.15, -0.1) is 4.83 Å². The Bertz CT molecular complexity index is 902. The Morgan fingerprint density at radius 2 is 1.86 bits per heavy atom. The first-order valence-corrected chi connectivity index (χ1v) is 7.33. The standard InChI is InChI=1S/C11H11N5O5S/c1-7-9(10(18)14-11(19)13-7)22(20,21)15-16(6-17)8-2-4-12-5-3-8/h2-6,15H,1H3,(H2,13,14,18,19). The Balaban J connectivity index is 2.46. The Morgan fingerprint density at radius 3 is 2.41 bits per heavy atom. The molecule has 0 aliphatic heterocycles. The molecule has 0 radical (unpaired) electrons. The quantitative estimate of drug-likeness (QED) is 0.456. The van der Waals surface area contributed by atoms with Crippen LogP contribution in [0, 0.1) is 6.92 Å². The van der Waals surface area contributed by atoms with Gasteiger partial charge in [0.2, 0.25) is 6.41 Å². The molecule has 0 aliphatic rings. The van der Waals surface area contributed by atoms with Crippen molar-refractivity contribution >= 4 is 22.1 Å². The summed E-state index contributed by atoms with van der Waals surface area (Å²) in [5, 5.41) is 0.668. The number of carbonyl (C=O) groups excluding carboxylic acids is 1. The third kappa shape index (κ3) is 3.10. The largest absolute Gasteiger partial charge is 0.325 e. The van der Waals surface area contributed by atoms with Crippen LogP contribution in [0.15, 0.2) is 39.0 Å². The van der Waals surface area contributed by atoms with Crippen molar-refractivity contribution in [3.05, 3.63) is 51.1 Å². The lowest BCUT2D eigenvalue weighted by Gasteiger charge is -2.18. The lowest BCUT2D eigenvalue weighted by Crippen LogP contribution is -2.44. The summed E-state index contributed by atoms with van der Waals surface area (Å²) in [6.45, 7) is 1.25. The van der Waals surface area contributed by atoms with Crippen LogP contribution in [-0.4, -0.2) is 29.8 Å². The molecular weight excluding hydrogens is 314 g/mol. The van der Waals surface area contributed by atoms with Crippen LogP contribution in [-0.2, 0) is 14.8 Å². The molecule has 0 spiro atoms. The lowest BCUT2D eigenvalue weighted by atomic mass is 10.4. The second-order valence-electron chi connectivity index (χ2n) is 4.14. The lowest BCUT2D eigenvalue weighted by molar-refractivity contribution is -0.107. The maximum absolute atomic E-state index is 12.3. The highest BCUT2D eigenvalue weighted by molar-refractivity contribution is 7.89. The number of anilines is 1. The zero-order valence-corrected chi connectivity index (χ0v) is 12.0. The molecule has 2 aromatic heterocycles. The van der Waals surface area contributed by atoms with E-state index >= 15 is 0 Å². The molecule has 2 aromatic rings. The number of aryl methyl sites for hydroxylation is 1. The van der Waals surface area contributed by atoms with Gasteiger partial charge in [0.25, 0.3) is 15.6 Å². The summed E-state index contributed by atoms with van der Waals surface area (Å²) in [6.07, 6.45) is 2.94. The van der Waals surface area contributed by atoms with Crippen molar-refractivity contribution in [2.75, 3.05) is 5.01 Å². The number of rotatable bonds is 5. The van der Waals surface area contributed by atoms with Crippen LogP contribution in [0.3, 0.4) is 0 Å². The monoisotopic (exact) mass is 325 g/mol. The first-order chi connectivity index (χ1) is 10.3. The van der Waals surface area contributed by atoms with E-state index in [-0.39, 0.29) is 17.8 Å². The van der Waals surface area contributed by atoms with Crippen LogP contribution in [0.2, 0.25) is 0 Å². The van der Waals surface area contributed by atoms with Gasteiger partial charge in [0.1, 0.15) is 0 Å². The van der Waals surface area contributed by atoms with Crippen molar-refractivity contribution in [2.24, 2.45) is 0 Å². The number of hydrogen-bond donors (Lipinski definition) is 3. The fourth-order valence-corrected chi connectivity index (χ4v) is 2.97. The number of aromatic amines is 2. The van der Waals surface area contributed by atoms with Crippen molar-refractivity contribution in [1.82, 2.24) is 19.8 Å². The van der Waals surface area contributed by atoms with E-state index in [1.807, 2.05) is 9.82 Å². The van der Waals surface area contributed by atoms with E-state index in [0.29, 0.717) is 5.01 Å². The average molecular weight is 325 g/mol. The van der Waals surface area contributed by atoms with Crippen LogP contribution in [0.4, 0.5) is 5.69 Å². The summed E-state index contributed by atoms with van der Waals surface area (Å²) in [7, 11) is -4.39. The van der Waals surface area contributed by atoms with E-state index in [4.69, 9.17) is 0 Å². The molecule has 10 nitrogen and oxygen atoms in total. The molecule has 22 heavy (non-hydrogen) atoms. The summed E-state index contributed by atoms with van der Waals surface area (Å²) < 4.78 is 24.5. The Kier molecular flexibility index (Phi) is 4.19. The molecule has 0 bridgehead atoms. The van der Waals surface area contributed by atoms with Crippen LogP contribution in [0.25, 0.3) is 0 Å². The van der Waals surface area contributed by atoms with Gasteiger partial charge >= 0.3 is 5.69 Å². The minimum absolute atomic E-state index is 0.151. The number of pyridine rings is 1. The number of amides is 1. The molecule has 0 saturated heterocycles. The molecule has 116 valence electrons. The van der Waals surface area contributed by atoms with Gasteiger partial charge in [-0.1, -0.05) is 0 Å². The highest BCUT2D eigenvalue weighted by Gasteiger charge is 2.25. The van der Waals surface area contributed by atoms with E-state index in [2.05, 4.69) is 9.97 Å². The first-order valence-electron chi connectivity index (χ1n) is 5.85. The first kappa shape index (κ1) is 15.6. The molecule has 2 rings (SSSR count). The molecule has 0 saturated carbocycles. The topological polar surface area (TPSA) is 145 Å². The number of hydrazine groups is 1. The number of sulfonamides is 1. The van der Waals surface area contributed by atoms with Crippen molar-refractivity contribution in [2.45, 2.75) is 11.8 Å². The summed E-state index contributed by atoms with van der Waals surface area (Å²) in [5.74, 6) is 0. The molecule has 1 amide bonds. The number of carbonyl (C=O) groups is 1. The zero-order chi connectivity index (χ0) is 16.3. The molecule has 0 aromatic carbocycles. The number of nitrogens with zero attached hydrogens (tertiary/aromatic N) is 2. The summed E-state index contributed by atoms with van der Waals surface area (Å²) in [4.78, 5) is 42.8. The van der Waals surface area contributed by atoms with Gasteiger partial charge in [-0.2, -0.15) is 0 Å². The van der Waals surface area contributed by atoms with E-state index in [1.54, 1.807) is 0 Å². The molecule has 2 heterocycles. The second-order valence-corrected chi connectivity index (χ2v) is 5.74. The van der Waals surface area contributed by atoms with Crippen molar-refractivity contribution < 1.29 is 13.2 Å². The van der Waals surface area contributed by atoms with Crippen LogP contribution >= 0.6 is 0 Å². The maximum atomic E-state index is 12.3. The highest BCUT2D eigenvalue weighted by Crippen LogP contribution is 2.11. The molecule has 0 aliphatic carbocycles. The number of H-pyrrole nitrogens is 2. The fraction of sp³-hybridized carbons (Fsp3) is 0.0909. The molecule has 0 atom stereocenters. The smallest absolute Gasteiger partial charge is 0.310 e. The molecule has 0 fully saturated rings. The van der Waals surface area contributed by atoms with Gasteiger partial charge in [-0.3, -0.25) is 19.6 Å². The van der Waals surface area contributed by atoms with Gasteiger partial charge in [0, 0.05) is 18.1 Å². The zero-order valence-electron chi connectivity index (χ0n) is 11.2. The van der Waals surface area contributed by atoms with Gasteiger partial charge in [-0.25, -0.2) is 18.2 Å². The van der Waals surface area contributed by atoms with Crippen LogP contribution in [0.5, 0.6) is 0 Å². The summed E-state index contributed by atoms with van der Waals surface area (Å²) in [6, 6.07) is 2.78. The van der Waals surface area contributed by atoms with Crippen molar-refractivity contribution in [3.8, 4) is 0 Å². The van der Waals surface area contributed by atoms with Gasteiger partial charge in [-0.05, 0) is 19.1 Å². The predicted octanol–water partition coefficient (Wildman–Crippen LogP) is -1.38. The predicted molar refractivity (Wildman–Crippen MR) is 75.5 cm³/mol. The van der Waals surface area contributed by atoms with E-state index in [1.165, 1.54) is 31.5 Å². The van der Waals surface area contributed by atoms with E-state index in [9.17, 15) is 22.8 Å². The second kappa shape index (κ2) is 5.91. The molecule has 11 heteroatoms. The third-order valence-electron chi connectivity index (χ3n) is 2.61. The Hall–Kier alpha value is -2.79. The molecular formula is C11H11N5O5S. The van der Waals surface area contributed by atoms with Gasteiger partial charge < -0.3 is 4.98 Å². The third-order valence-corrected chi connectivity index (χ3v) is 4.07. The Labute approximate surface area is 123 Å². The minimum atomic E-state index is -4.39. The van der Waals surface area contributed by atoms with E-state index in [0.717, 1.165) is 0 Å². The van der Waals surface area contributed by atoms with Gasteiger partial charge in [0.15, 0.2) is 4.90 Å². The Morgan fingerprint density at radius 1 is 1.23 bits per heavy atom. The maximum Gasteiger partial charge on any atom is 0.325 e. The fourth-order valence-electron chi connectivity index (χ4n) is 1.73. The number of hydrogen-bond acceptors (Lipinski definition) is 6. The van der Waals surface area contributed by atoms with Crippen LogP contribution in [0.1, 0.15) is 5.69 Å². The summed E-state index contributed by atoms with van der Waals surface area (Å²) >= 11 is 0. The van der Waals surface area contributed by atoms with Crippen molar-refractivity contribution in [1.29, 1.82) is 0 Å². The molecule has 3 N–H and O–H groups in total.